The molecular weight excluding hydrogens is 283 g/mol. The molecule has 1 heteroatoms. The second kappa shape index (κ2) is 4.13. The van der Waals surface area contributed by atoms with Gasteiger partial charge in [0, 0.05) is 3.57 Å². The van der Waals surface area contributed by atoms with Gasteiger partial charge in [0.15, 0.2) is 0 Å². The van der Waals surface area contributed by atoms with E-state index in [0.717, 1.165) is 0 Å². The van der Waals surface area contributed by atoms with Gasteiger partial charge in [-0.15, -0.1) is 0 Å². The smallest absolute Gasteiger partial charge is 0.0209 e. The summed E-state index contributed by atoms with van der Waals surface area (Å²) in [6.07, 6.45) is 4.26. The minimum Gasteiger partial charge on any atom is -0.0870 e. The molecular formula is C13H11I. The molecule has 0 amide bonds. The lowest BCUT2D eigenvalue weighted by molar-refractivity contribution is 1.64. The molecule has 14 heavy (non-hydrogen) atoms. The van der Waals surface area contributed by atoms with E-state index in [-0.39, 0.29) is 0 Å². The summed E-state index contributed by atoms with van der Waals surface area (Å²) in [5, 5.41) is 2.64. The Morgan fingerprint density at radius 1 is 1.07 bits per heavy atom. The average Bonchev–Trinajstić information content (AvgIpc) is 2.23. The standard InChI is InChI=1S/C13H11I/c1-2-5-12-11-7-4-3-6-10(11)8-9-13(12)14/h2-9H,1H3. The molecule has 0 saturated carbocycles. The van der Waals surface area contributed by atoms with E-state index < -0.39 is 0 Å². The lowest BCUT2D eigenvalue weighted by Crippen LogP contribution is -1.82. The predicted molar refractivity (Wildman–Crippen MR) is 71.4 cm³/mol. The minimum atomic E-state index is 1.31. The van der Waals surface area contributed by atoms with Gasteiger partial charge < -0.3 is 0 Å². The third kappa shape index (κ3) is 1.69. The van der Waals surface area contributed by atoms with Gasteiger partial charge in [-0.25, -0.2) is 0 Å². The van der Waals surface area contributed by atoms with Crippen LogP contribution in [0.15, 0.2) is 42.5 Å². The summed E-state index contributed by atoms with van der Waals surface area (Å²) in [4.78, 5) is 0. The van der Waals surface area contributed by atoms with Gasteiger partial charge in [0.25, 0.3) is 0 Å². The van der Waals surface area contributed by atoms with E-state index in [0.29, 0.717) is 0 Å². The zero-order chi connectivity index (χ0) is 9.97. The number of benzene rings is 2. The molecule has 0 spiro atoms. The fraction of sp³-hybridized carbons (Fsp3) is 0.0769. The molecule has 2 rings (SSSR count). The first-order chi connectivity index (χ1) is 6.83. The second-order valence-corrected chi connectivity index (χ2v) is 4.34. The highest BCUT2D eigenvalue weighted by Gasteiger charge is 2.00. The van der Waals surface area contributed by atoms with Crippen molar-refractivity contribution in [3.63, 3.8) is 0 Å². The minimum absolute atomic E-state index is 1.31. The molecule has 2 aromatic carbocycles. The van der Waals surface area contributed by atoms with E-state index in [4.69, 9.17) is 0 Å². The SMILES string of the molecule is CC=Cc1c(I)ccc2ccccc12. The van der Waals surface area contributed by atoms with Gasteiger partial charge in [-0.1, -0.05) is 42.5 Å². The predicted octanol–water partition coefficient (Wildman–Crippen LogP) is 4.48. The van der Waals surface area contributed by atoms with Crippen molar-refractivity contribution in [1.82, 2.24) is 0 Å². The molecule has 0 unspecified atom stereocenters. The van der Waals surface area contributed by atoms with Crippen LogP contribution in [0.2, 0.25) is 0 Å². The molecule has 0 nitrogen and oxygen atoms in total. The summed E-state index contributed by atoms with van der Waals surface area (Å²) in [5.74, 6) is 0. The molecule has 0 aliphatic heterocycles. The van der Waals surface area contributed by atoms with Crippen LogP contribution in [-0.4, -0.2) is 0 Å². The molecule has 0 bridgehead atoms. The first-order valence-corrected chi connectivity index (χ1v) is 5.71. The number of hydrogen-bond acceptors (Lipinski definition) is 0. The van der Waals surface area contributed by atoms with Crippen molar-refractivity contribution in [1.29, 1.82) is 0 Å². The summed E-state index contributed by atoms with van der Waals surface area (Å²) in [7, 11) is 0. The Kier molecular flexibility index (Phi) is 2.87. The van der Waals surface area contributed by atoms with Gasteiger partial charge in [-0.05, 0) is 51.9 Å². The largest absolute Gasteiger partial charge is 0.0870 e. The van der Waals surface area contributed by atoms with Crippen molar-refractivity contribution in [2.24, 2.45) is 0 Å². The zero-order valence-electron chi connectivity index (χ0n) is 8.00. The highest BCUT2D eigenvalue weighted by atomic mass is 127. The average molecular weight is 294 g/mol. The van der Waals surface area contributed by atoms with E-state index in [9.17, 15) is 0 Å². The van der Waals surface area contributed by atoms with Crippen LogP contribution in [0.5, 0.6) is 0 Å². The summed E-state index contributed by atoms with van der Waals surface area (Å²) in [5.41, 5.74) is 1.33. The first-order valence-electron chi connectivity index (χ1n) is 4.63. The molecule has 0 aliphatic rings. The van der Waals surface area contributed by atoms with Gasteiger partial charge in [0.05, 0.1) is 0 Å². The Morgan fingerprint density at radius 3 is 2.64 bits per heavy atom. The monoisotopic (exact) mass is 294 g/mol. The Morgan fingerprint density at radius 2 is 1.86 bits per heavy atom. The van der Waals surface area contributed by atoms with Crippen molar-refractivity contribution in [2.45, 2.75) is 6.92 Å². The lowest BCUT2D eigenvalue weighted by Gasteiger charge is -2.04. The molecule has 0 N–H and O–H groups in total. The van der Waals surface area contributed by atoms with E-state index in [1.54, 1.807) is 0 Å². The normalized spacial score (nSPS) is 11.3. The molecule has 2 aromatic rings. The van der Waals surface area contributed by atoms with Gasteiger partial charge in [0.2, 0.25) is 0 Å². The van der Waals surface area contributed by atoms with E-state index >= 15 is 0 Å². The quantitative estimate of drug-likeness (QED) is 0.680. The zero-order valence-corrected chi connectivity index (χ0v) is 10.2. The van der Waals surface area contributed by atoms with Crippen LogP contribution < -0.4 is 0 Å². The van der Waals surface area contributed by atoms with E-state index in [2.05, 4.69) is 78.1 Å². The summed E-state index contributed by atoms with van der Waals surface area (Å²) >= 11 is 2.38. The van der Waals surface area contributed by atoms with Crippen molar-refractivity contribution in [3.05, 3.63) is 51.6 Å². The van der Waals surface area contributed by atoms with Crippen LogP contribution in [0.3, 0.4) is 0 Å². The molecule has 0 fully saturated rings. The van der Waals surface area contributed by atoms with Crippen LogP contribution in [0.1, 0.15) is 12.5 Å². The Bertz CT molecular complexity index is 484. The summed E-state index contributed by atoms with van der Waals surface area (Å²) in [6, 6.07) is 12.8. The van der Waals surface area contributed by atoms with Crippen LogP contribution in [0.25, 0.3) is 16.8 Å². The van der Waals surface area contributed by atoms with Crippen LogP contribution >= 0.6 is 22.6 Å². The molecule has 0 radical (unpaired) electrons. The third-order valence-electron chi connectivity index (χ3n) is 2.25. The highest BCUT2D eigenvalue weighted by Crippen LogP contribution is 2.24. The topological polar surface area (TPSA) is 0 Å². The molecule has 0 heterocycles. The molecule has 70 valence electrons. The molecule has 0 aliphatic carbocycles. The van der Waals surface area contributed by atoms with E-state index in [1.807, 2.05) is 0 Å². The number of fused-ring (bicyclic) bond motifs is 1. The van der Waals surface area contributed by atoms with Crippen LogP contribution in [-0.2, 0) is 0 Å². The molecule has 0 saturated heterocycles. The second-order valence-electron chi connectivity index (χ2n) is 3.18. The Balaban J connectivity index is 2.82. The van der Waals surface area contributed by atoms with Crippen molar-refractivity contribution in [2.75, 3.05) is 0 Å². The summed E-state index contributed by atoms with van der Waals surface area (Å²) < 4.78 is 1.31. The van der Waals surface area contributed by atoms with Crippen molar-refractivity contribution in [3.8, 4) is 0 Å². The van der Waals surface area contributed by atoms with Gasteiger partial charge >= 0.3 is 0 Å². The lowest BCUT2D eigenvalue weighted by atomic mass is 10.0. The fourth-order valence-electron chi connectivity index (χ4n) is 1.61. The van der Waals surface area contributed by atoms with E-state index in [1.165, 1.54) is 19.9 Å². The van der Waals surface area contributed by atoms with Gasteiger partial charge in [0.1, 0.15) is 0 Å². The number of hydrogen-bond donors (Lipinski definition) is 0. The maximum absolute atomic E-state index is 2.38. The van der Waals surface area contributed by atoms with Crippen molar-refractivity contribution >= 4 is 39.4 Å². The number of allylic oxidation sites excluding steroid dienone is 1. The Hall–Kier alpha value is -0.830. The number of rotatable bonds is 1. The Labute approximate surface area is 97.8 Å². The maximum atomic E-state index is 2.38. The number of halogens is 1. The van der Waals surface area contributed by atoms with Crippen molar-refractivity contribution < 1.29 is 0 Å². The van der Waals surface area contributed by atoms with Gasteiger partial charge in [-0.2, -0.15) is 0 Å². The molecule has 0 aromatic heterocycles. The fourth-order valence-corrected chi connectivity index (χ4v) is 2.26. The third-order valence-corrected chi connectivity index (χ3v) is 3.19. The molecule has 0 atom stereocenters. The first kappa shape index (κ1) is 9.71. The summed E-state index contributed by atoms with van der Waals surface area (Å²) in [6.45, 7) is 2.05. The van der Waals surface area contributed by atoms with Crippen LogP contribution in [0.4, 0.5) is 0 Å². The highest BCUT2D eigenvalue weighted by molar-refractivity contribution is 14.1. The van der Waals surface area contributed by atoms with Crippen LogP contribution in [0, 0.1) is 3.57 Å². The van der Waals surface area contributed by atoms with Gasteiger partial charge in [-0.3, -0.25) is 0 Å². The maximum Gasteiger partial charge on any atom is 0.0209 e.